The molecule has 0 spiro atoms. The Bertz CT molecular complexity index is 438. The van der Waals surface area contributed by atoms with Crippen molar-refractivity contribution in [3.63, 3.8) is 0 Å². The first kappa shape index (κ1) is 12.8. The molecule has 4 N–H and O–H groups in total. The fraction of sp³-hybridized carbons (Fsp3) is 0.167. The second kappa shape index (κ2) is 6.32. The van der Waals surface area contributed by atoms with Crippen LogP contribution in [0.3, 0.4) is 0 Å². The van der Waals surface area contributed by atoms with Gasteiger partial charge in [0.05, 0.1) is 11.4 Å². The first-order valence-electron chi connectivity index (χ1n) is 5.04. The second-order valence-corrected chi connectivity index (χ2v) is 3.28. The van der Waals surface area contributed by atoms with Crippen molar-refractivity contribution in [2.75, 3.05) is 13.7 Å². The number of carbonyl (C=O) groups excluding carboxylic acids is 1. The lowest BCUT2D eigenvalue weighted by atomic mass is 10.3. The number of hydrogen-bond donors (Lipinski definition) is 2. The smallest absolute Gasteiger partial charge is 0.264 e. The zero-order valence-corrected chi connectivity index (χ0v) is 9.59. The van der Waals surface area contributed by atoms with Crippen molar-refractivity contribution < 1.29 is 9.53 Å². The Morgan fingerprint density at radius 2 is 2.00 bits per heavy atom. The lowest BCUT2D eigenvalue weighted by molar-refractivity contribution is -0.114. The molecule has 0 aliphatic heterocycles. The van der Waals surface area contributed by atoms with E-state index in [0.717, 1.165) is 5.75 Å². The van der Waals surface area contributed by atoms with Gasteiger partial charge in [-0.15, -0.1) is 0 Å². The molecule has 1 aromatic rings. The molecule has 0 aromatic heterocycles. The zero-order valence-electron chi connectivity index (χ0n) is 9.59. The minimum Gasteiger partial charge on any atom is -0.487 e. The van der Waals surface area contributed by atoms with Gasteiger partial charge in [-0.05, 0) is 18.2 Å². The molecule has 0 fully saturated rings. The van der Waals surface area contributed by atoms with E-state index in [1.54, 1.807) is 7.05 Å². The van der Waals surface area contributed by atoms with Gasteiger partial charge in [0.1, 0.15) is 12.4 Å². The highest BCUT2D eigenvalue weighted by Gasteiger charge is 2.02. The number of benzene rings is 1. The summed E-state index contributed by atoms with van der Waals surface area (Å²) >= 11 is 0. The molecular formula is C12H15N3O2. The number of hydrogen-bond acceptors (Lipinski definition) is 4. The number of carbonyl (C=O) groups is 1. The summed E-state index contributed by atoms with van der Waals surface area (Å²) in [5, 5.41) is 0. The quantitative estimate of drug-likeness (QED) is 0.572. The number of aliphatic imine (C=N–C) groups is 1. The van der Waals surface area contributed by atoms with Crippen molar-refractivity contribution >= 4 is 11.6 Å². The van der Waals surface area contributed by atoms with E-state index < -0.39 is 5.91 Å². The standard InChI is InChI=1S/C12H15N3O2/c1-15-9(7-11(13)12(14)16)8-17-10-5-3-2-4-6-10/h2-7H,8,13H2,1H3,(H2,14,16). The van der Waals surface area contributed by atoms with E-state index in [-0.39, 0.29) is 12.3 Å². The monoisotopic (exact) mass is 233 g/mol. The molecule has 0 aliphatic rings. The summed E-state index contributed by atoms with van der Waals surface area (Å²) in [6, 6.07) is 9.28. The molecule has 17 heavy (non-hydrogen) atoms. The molecule has 1 rings (SSSR count). The summed E-state index contributed by atoms with van der Waals surface area (Å²) in [5.74, 6) is 0.0468. The van der Waals surface area contributed by atoms with Gasteiger partial charge in [-0.1, -0.05) is 18.2 Å². The lowest BCUT2D eigenvalue weighted by Crippen LogP contribution is -2.22. The molecule has 1 amide bonds. The van der Waals surface area contributed by atoms with E-state index >= 15 is 0 Å². The van der Waals surface area contributed by atoms with Crippen molar-refractivity contribution in [3.8, 4) is 5.75 Å². The highest BCUT2D eigenvalue weighted by atomic mass is 16.5. The molecule has 0 heterocycles. The maximum absolute atomic E-state index is 10.8. The van der Waals surface area contributed by atoms with E-state index in [9.17, 15) is 4.79 Å². The van der Waals surface area contributed by atoms with E-state index in [2.05, 4.69) is 4.99 Å². The Balaban J connectivity index is 2.61. The topological polar surface area (TPSA) is 90.7 Å². The molecule has 5 nitrogen and oxygen atoms in total. The van der Waals surface area contributed by atoms with Gasteiger partial charge in [0.15, 0.2) is 0 Å². The van der Waals surface area contributed by atoms with Gasteiger partial charge in [-0.25, -0.2) is 0 Å². The lowest BCUT2D eigenvalue weighted by Gasteiger charge is -2.06. The molecule has 90 valence electrons. The van der Waals surface area contributed by atoms with Gasteiger partial charge in [0, 0.05) is 7.05 Å². The van der Waals surface area contributed by atoms with E-state index in [0.29, 0.717) is 5.71 Å². The van der Waals surface area contributed by atoms with Crippen LogP contribution in [0.1, 0.15) is 0 Å². The molecule has 1 aromatic carbocycles. The number of ether oxygens (including phenoxy) is 1. The van der Waals surface area contributed by atoms with Crippen LogP contribution >= 0.6 is 0 Å². The Kier molecular flexibility index (Phi) is 4.75. The average molecular weight is 233 g/mol. The van der Waals surface area contributed by atoms with E-state index in [4.69, 9.17) is 16.2 Å². The number of primary amides is 1. The highest BCUT2D eigenvalue weighted by molar-refractivity contribution is 6.03. The number of para-hydroxylation sites is 1. The molecule has 0 atom stereocenters. The first-order chi connectivity index (χ1) is 8.13. The van der Waals surface area contributed by atoms with Crippen LogP contribution in [0.25, 0.3) is 0 Å². The van der Waals surface area contributed by atoms with Gasteiger partial charge >= 0.3 is 0 Å². The van der Waals surface area contributed by atoms with Crippen LogP contribution in [0.5, 0.6) is 5.75 Å². The first-order valence-corrected chi connectivity index (χ1v) is 5.04. The largest absolute Gasteiger partial charge is 0.487 e. The third-order valence-corrected chi connectivity index (χ3v) is 2.02. The Hall–Kier alpha value is -2.30. The van der Waals surface area contributed by atoms with Gasteiger partial charge in [-0.2, -0.15) is 0 Å². The summed E-state index contributed by atoms with van der Waals surface area (Å²) in [6.07, 6.45) is 1.41. The summed E-state index contributed by atoms with van der Waals surface area (Å²) < 4.78 is 5.46. The van der Waals surface area contributed by atoms with Crippen molar-refractivity contribution in [1.82, 2.24) is 0 Å². The van der Waals surface area contributed by atoms with E-state index in [1.807, 2.05) is 30.3 Å². The third kappa shape index (κ3) is 4.38. The van der Waals surface area contributed by atoms with Gasteiger partial charge in [0.2, 0.25) is 0 Å². The van der Waals surface area contributed by atoms with Crippen LogP contribution < -0.4 is 16.2 Å². The van der Waals surface area contributed by atoms with Crippen LogP contribution in [0.4, 0.5) is 0 Å². The number of rotatable bonds is 5. The molecule has 0 saturated carbocycles. The molecule has 0 unspecified atom stereocenters. The van der Waals surface area contributed by atoms with Crippen LogP contribution in [0.2, 0.25) is 0 Å². The predicted molar refractivity (Wildman–Crippen MR) is 66.8 cm³/mol. The Labute approximate surface area is 99.8 Å². The van der Waals surface area contributed by atoms with Crippen LogP contribution in [-0.4, -0.2) is 25.3 Å². The SMILES string of the molecule is CN=C(C=C(N)C(N)=O)COc1ccccc1. The summed E-state index contributed by atoms with van der Waals surface area (Å²) in [7, 11) is 1.59. The fourth-order valence-electron chi connectivity index (χ4n) is 1.10. The number of nitrogens with zero attached hydrogens (tertiary/aromatic N) is 1. The van der Waals surface area contributed by atoms with Crippen molar-refractivity contribution in [3.05, 3.63) is 42.1 Å². The summed E-state index contributed by atoms with van der Waals surface area (Å²) in [6.45, 7) is 0.231. The molecule has 0 radical (unpaired) electrons. The maximum atomic E-state index is 10.8. The molecule has 0 saturated heterocycles. The maximum Gasteiger partial charge on any atom is 0.264 e. The van der Waals surface area contributed by atoms with Gasteiger partial charge in [-0.3, -0.25) is 9.79 Å². The van der Waals surface area contributed by atoms with Crippen molar-refractivity contribution in [2.45, 2.75) is 0 Å². The molecular weight excluding hydrogens is 218 g/mol. The van der Waals surface area contributed by atoms with Crippen molar-refractivity contribution in [1.29, 1.82) is 0 Å². The van der Waals surface area contributed by atoms with Gasteiger partial charge < -0.3 is 16.2 Å². The Morgan fingerprint density at radius 1 is 1.35 bits per heavy atom. The van der Waals surface area contributed by atoms with Crippen LogP contribution in [0.15, 0.2) is 47.1 Å². The number of nitrogens with two attached hydrogens (primary N) is 2. The molecule has 5 heteroatoms. The minimum atomic E-state index is -0.675. The minimum absolute atomic E-state index is 0.0396. The predicted octanol–water partition coefficient (Wildman–Crippen LogP) is 0.464. The second-order valence-electron chi connectivity index (χ2n) is 3.28. The van der Waals surface area contributed by atoms with Crippen molar-refractivity contribution in [2.24, 2.45) is 16.5 Å². The highest BCUT2D eigenvalue weighted by Crippen LogP contribution is 2.08. The third-order valence-electron chi connectivity index (χ3n) is 2.02. The van der Waals surface area contributed by atoms with Crippen LogP contribution in [-0.2, 0) is 4.79 Å². The molecule has 0 aliphatic carbocycles. The summed E-state index contributed by atoms with van der Waals surface area (Å²) in [4.78, 5) is 14.7. The normalized spacial score (nSPS) is 12.3. The summed E-state index contributed by atoms with van der Waals surface area (Å²) in [5.41, 5.74) is 10.9. The molecule has 0 bridgehead atoms. The van der Waals surface area contributed by atoms with E-state index in [1.165, 1.54) is 6.08 Å². The average Bonchev–Trinajstić information content (AvgIpc) is 2.35. The fourth-order valence-corrected chi connectivity index (χ4v) is 1.10. The van der Waals surface area contributed by atoms with Crippen LogP contribution in [0, 0.1) is 0 Å². The number of amides is 1. The van der Waals surface area contributed by atoms with Gasteiger partial charge in [0.25, 0.3) is 5.91 Å². The Morgan fingerprint density at radius 3 is 2.53 bits per heavy atom. The zero-order chi connectivity index (χ0) is 12.7.